The maximum Gasteiger partial charge on any atom is 0.319 e. The third-order valence-electron chi connectivity index (χ3n) is 5.14. The minimum absolute atomic E-state index is 0.0723. The van der Waals surface area contributed by atoms with Crippen LogP contribution in [0.4, 0.5) is 16.2 Å². The summed E-state index contributed by atoms with van der Waals surface area (Å²) < 4.78 is 5.53. The van der Waals surface area contributed by atoms with Crippen molar-refractivity contribution in [3.63, 3.8) is 0 Å². The Hall–Kier alpha value is -2.51. The van der Waals surface area contributed by atoms with Gasteiger partial charge in [0.1, 0.15) is 0 Å². The molecule has 0 spiro atoms. The second-order valence-corrected chi connectivity index (χ2v) is 8.42. The molecule has 152 valence electrons. The van der Waals surface area contributed by atoms with Crippen molar-refractivity contribution in [1.29, 1.82) is 0 Å². The molecule has 2 aliphatic rings. The SMILES string of the molecule is Cc1ccc(CN2C(=O)CSc3ccc(NC(=O)NC[C@@H]4CCCO4)cc32)cc1. The molecule has 4 rings (SSSR count). The standard InChI is InChI=1S/C22H25N3O3S/c1-15-4-6-16(7-5-15)13-25-19-11-17(8-9-20(19)29-14-21(25)26)24-22(27)23-12-18-3-2-10-28-18/h4-9,11,18H,2-3,10,12-14H2,1H3,(H2,23,24,27)/t18-/m0/s1. The van der Waals surface area contributed by atoms with Gasteiger partial charge in [-0.3, -0.25) is 4.79 Å². The number of carbonyl (C=O) groups is 2. The Morgan fingerprint density at radius 2 is 2.07 bits per heavy atom. The Morgan fingerprint density at radius 3 is 2.83 bits per heavy atom. The van der Waals surface area contributed by atoms with E-state index in [0.717, 1.165) is 35.6 Å². The van der Waals surface area contributed by atoms with E-state index >= 15 is 0 Å². The number of anilines is 2. The van der Waals surface area contributed by atoms with E-state index in [1.54, 1.807) is 4.90 Å². The Kier molecular flexibility index (Phi) is 6.06. The molecule has 1 fully saturated rings. The van der Waals surface area contributed by atoms with Crippen LogP contribution in [0.3, 0.4) is 0 Å². The first-order valence-electron chi connectivity index (χ1n) is 9.88. The van der Waals surface area contributed by atoms with Crippen molar-refractivity contribution in [3.05, 3.63) is 53.6 Å². The molecule has 2 N–H and O–H groups in total. The summed E-state index contributed by atoms with van der Waals surface area (Å²) >= 11 is 1.53. The molecule has 0 aromatic heterocycles. The van der Waals surface area contributed by atoms with E-state index in [1.165, 1.54) is 17.3 Å². The fourth-order valence-electron chi connectivity index (χ4n) is 3.52. The molecular formula is C22H25N3O3S. The van der Waals surface area contributed by atoms with Crippen molar-refractivity contribution in [1.82, 2.24) is 5.32 Å². The van der Waals surface area contributed by atoms with Crippen molar-refractivity contribution in [2.75, 3.05) is 29.1 Å². The van der Waals surface area contributed by atoms with Gasteiger partial charge in [-0.2, -0.15) is 0 Å². The number of nitrogens with zero attached hydrogens (tertiary/aromatic N) is 1. The van der Waals surface area contributed by atoms with Gasteiger partial charge in [-0.1, -0.05) is 29.8 Å². The Balaban J connectivity index is 1.46. The molecule has 2 aromatic rings. The van der Waals surface area contributed by atoms with Crippen LogP contribution < -0.4 is 15.5 Å². The summed E-state index contributed by atoms with van der Waals surface area (Å²) in [4.78, 5) is 27.7. The molecule has 2 aromatic carbocycles. The number of thioether (sulfide) groups is 1. The van der Waals surface area contributed by atoms with Crippen LogP contribution in [0, 0.1) is 6.92 Å². The molecule has 29 heavy (non-hydrogen) atoms. The summed E-state index contributed by atoms with van der Waals surface area (Å²) in [5.74, 6) is 0.496. The number of nitrogens with one attached hydrogen (secondary N) is 2. The summed E-state index contributed by atoms with van der Waals surface area (Å²) in [5.41, 5.74) is 3.77. The van der Waals surface area contributed by atoms with Gasteiger partial charge in [-0.15, -0.1) is 11.8 Å². The molecule has 0 saturated carbocycles. The van der Waals surface area contributed by atoms with Crippen molar-refractivity contribution < 1.29 is 14.3 Å². The molecule has 0 aliphatic carbocycles. The Bertz CT molecular complexity index is 895. The van der Waals surface area contributed by atoms with Gasteiger partial charge in [0.15, 0.2) is 0 Å². The van der Waals surface area contributed by atoms with Gasteiger partial charge < -0.3 is 20.3 Å². The van der Waals surface area contributed by atoms with Crippen molar-refractivity contribution in [2.24, 2.45) is 0 Å². The number of amides is 3. The molecule has 0 unspecified atom stereocenters. The number of hydrogen-bond donors (Lipinski definition) is 2. The number of ether oxygens (including phenoxy) is 1. The van der Waals surface area contributed by atoms with E-state index in [1.807, 2.05) is 37.3 Å². The quantitative estimate of drug-likeness (QED) is 0.782. The van der Waals surface area contributed by atoms with Crippen LogP contribution in [0.1, 0.15) is 24.0 Å². The molecule has 1 saturated heterocycles. The first-order chi connectivity index (χ1) is 14.1. The molecule has 0 radical (unpaired) electrons. The summed E-state index contributed by atoms with van der Waals surface area (Å²) in [6.45, 7) is 3.83. The number of carbonyl (C=O) groups excluding carboxylic acids is 2. The van der Waals surface area contributed by atoms with Crippen molar-refractivity contribution >= 4 is 35.1 Å². The van der Waals surface area contributed by atoms with Crippen LogP contribution in [0.2, 0.25) is 0 Å². The van der Waals surface area contributed by atoms with Gasteiger partial charge in [0.05, 0.1) is 24.1 Å². The van der Waals surface area contributed by atoms with Crippen LogP contribution in [0.25, 0.3) is 0 Å². The van der Waals surface area contributed by atoms with Crippen LogP contribution in [-0.2, 0) is 16.1 Å². The Morgan fingerprint density at radius 1 is 1.24 bits per heavy atom. The molecule has 2 heterocycles. The number of fused-ring (bicyclic) bond motifs is 1. The van der Waals surface area contributed by atoms with E-state index in [0.29, 0.717) is 24.5 Å². The summed E-state index contributed by atoms with van der Waals surface area (Å²) in [6, 6.07) is 13.6. The topological polar surface area (TPSA) is 70.7 Å². The van der Waals surface area contributed by atoms with Crippen LogP contribution in [0.5, 0.6) is 0 Å². The monoisotopic (exact) mass is 411 g/mol. The lowest BCUT2D eigenvalue weighted by Crippen LogP contribution is -2.36. The zero-order chi connectivity index (χ0) is 20.2. The van der Waals surface area contributed by atoms with Gasteiger partial charge in [0.25, 0.3) is 0 Å². The van der Waals surface area contributed by atoms with Gasteiger partial charge >= 0.3 is 6.03 Å². The molecule has 0 bridgehead atoms. The lowest BCUT2D eigenvalue weighted by Gasteiger charge is -2.29. The molecule has 3 amide bonds. The van der Waals surface area contributed by atoms with E-state index in [2.05, 4.69) is 22.8 Å². The first-order valence-corrected chi connectivity index (χ1v) is 10.9. The third-order valence-corrected chi connectivity index (χ3v) is 6.18. The highest BCUT2D eigenvalue weighted by atomic mass is 32.2. The normalized spacial score (nSPS) is 18.4. The molecule has 1 atom stereocenters. The number of hydrogen-bond acceptors (Lipinski definition) is 4. The lowest BCUT2D eigenvalue weighted by molar-refractivity contribution is -0.116. The van der Waals surface area contributed by atoms with E-state index in [9.17, 15) is 9.59 Å². The van der Waals surface area contributed by atoms with E-state index < -0.39 is 0 Å². The fourth-order valence-corrected chi connectivity index (χ4v) is 4.43. The fraction of sp³-hybridized carbons (Fsp3) is 0.364. The maximum atomic E-state index is 12.6. The van der Waals surface area contributed by atoms with Gasteiger partial charge in [-0.05, 0) is 43.5 Å². The summed E-state index contributed by atoms with van der Waals surface area (Å²) in [7, 11) is 0. The highest BCUT2D eigenvalue weighted by Crippen LogP contribution is 2.38. The maximum absolute atomic E-state index is 12.6. The highest BCUT2D eigenvalue weighted by Gasteiger charge is 2.25. The highest BCUT2D eigenvalue weighted by molar-refractivity contribution is 8.00. The van der Waals surface area contributed by atoms with Gasteiger partial charge in [0, 0.05) is 23.7 Å². The zero-order valence-electron chi connectivity index (χ0n) is 16.4. The molecule has 2 aliphatic heterocycles. The number of aryl methyl sites for hydroxylation is 1. The average molecular weight is 412 g/mol. The number of benzene rings is 2. The van der Waals surface area contributed by atoms with Crippen LogP contribution >= 0.6 is 11.8 Å². The van der Waals surface area contributed by atoms with E-state index in [4.69, 9.17) is 4.74 Å². The zero-order valence-corrected chi connectivity index (χ0v) is 17.3. The number of urea groups is 1. The molecular weight excluding hydrogens is 386 g/mol. The van der Waals surface area contributed by atoms with Crippen molar-refractivity contribution in [2.45, 2.75) is 37.3 Å². The predicted octanol–water partition coefficient (Wildman–Crippen LogP) is 3.93. The largest absolute Gasteiger partial charge is 0.376 e. The van der Waals surface area contributed by atoms with E-state index in [-0.39, 0.29) is 18.0 Å². The van der Waals surface area contributed by atoms with Crippen molar-refractivity contribution in [3.8, 4) is 0 Å². The minimum Gasteiger partial charge on any atom is -0.376 e. The van der Waals surface area contributed by atoms with Gasteiger partial charge in [0.2, 0.25) is 5.91 Å². The Labute approximate surface area is 175 Å². The second kappa shape index (κ2) is 8.88. The third kappa shape index (κ3) is 4.92. The average Bonchev–Trinajstić information content (AvgIpc) is 3.24. The first kappa shape index (κ1) is 19.8. The smallest absolute Gasteiger partial charge is 0.319 e. The number of rotatable bonds is 5. The minimum atomic E-state index is -0.264. The molecule has 7 heteroatoms. The second-order valence-electron chi connectivity index (χ2n) is 7.41. The summed E-state index contributed by atoms with van der Waals surface area (Å²) in [6.07, 6.45) is 2.12. The summed E-state index contributed by atoms with van der Waals surface area (Å²) in [5, 5.41) is 5.73. The predicted molar refractivity (Wildman–Crippen MR) is 116 cm³/mol. The lowest BCUT2D eigenvalue weighted by atomic mass is 10.1. The molecule has 6 nitrogen and oxygen atoms in total. The van der Waals surface area contributed by atoms with Crippen LogP contribution in [-0.4, -0.2) is 36.9 Å². The van der Waals surface area contributed by atoms with Gasteiger partial charge in [-0.25, -0.2) is 4.79 Å². The van der Waals surface area contributed by atoms with Crippen LogP contribution in [0.15, 0.2) is 47.4 Å².